The number of carbonyl (C=O) groups excluding carboxylic acids is 1. The van der Waals surface area contributed by atoms with E-state index in [0.717, 1.165) is 18.2 Å². The van der Waals surface area contributed by atoms with Gasteiger partial charge < -0.3 is 10.1 Å². The van der Waals surface area contributed by atoms with Crippen LogP contribution >= 0.6 is 11.6 Å². The molecule has 1 atom stereocenters. The Morgan fingerprint density at radius 1 is 1.44 bits per heavy atom. The minimum Gasteiger partial charge on any atom is -0.372 e. The maximum absolute atomic E-state index is 12.5. The van der Waals surface area contributed by atoms with Crippen LogP contribution in [0.25, 0.3) is 0 Å². The van der Waals surface area contributed by atoms with Crippen LogP contribution in [0.15, 0.2) is 18.2 Å². The van der Waals surface area contributed by atoms with Crippen molar-refractivity contribution in [3.05, 3.63) is 28.8 Å². The fraction of sp³-hybridized carbons (Fsp3) is 0.364. The SMILES string of the molecule is COC(C)C(=O)Nc1cc(C(F)(F)F)ccc1Cl. The Morgan fingerprint density at radius 3 is 2.56 bits per heavy atom. The zero-order valence-corrected chi connectivity index (χ0v) is 10.4. The summed E-state index contributed by atoms with van der Waals surface area (Å²) in [5.74, 6) is -0.571. The monoisotopic (exact) mass is 281 g/mol. The van der Waals surface area contributed by atoms with Gasteiger partial charge in [0.1, 0.15) is 6.10 Å². The fourth-order valence-corrected chi connectivity index (χ4v) is 1.30. The average Bonchev–Trinajstić information content (AvgIpc) is 2.29. The zero-order chi connectivity index (χ0) is 13.9. The van der Waals surface area contributed by atoms with Gasteiger partial charge in [-0.3, -0.25) is 4.79 Å². The number of hydrogen-bond acceptors (Lipinski definition) is 2. The summed E-state index contributed by atoms with van der Waals surface area (Å²) in [5, 5.41) is 2.30. The van der Waals surface area contributed by atoms with E-state index < -0.39 is 23.8 Å². The van der Waals surface area contributed by atoms with Gasteiger partial charge in [0, 0.05) is 7.11 Å². The molecule has 18 heavy (non-hydrogen) atoms. The van der Waals surface area contributed by atoms with Crippen molar-refractivity contribution in [3.8, 4) is 0 Å². The summed E-state index contributed by atoms with van der Waals surface area (Å²) in [6.45, 7) is 1.47. The second-order valence-electron chi connectivity index (χ2n) is 3.56. The van der Waals surface area contributed by atoms with Gasteiger partial charge in [0.05, 0.1) is 16.3 Å². The first kappa shape index (κ1) is 14.8. The highest BCUT2D eigenvalue weighted by Gasteiger charge is 2.31. The summed E-state index contributed by atoms with van der Waals surface area (Å²) in [5.41, 5.74) is -0.979. The van der Waals surface area contributed by atoms with Crippen LogP contribution in [-0.4, -0.2) is 19.1 Å². The molecule has 0 aliphatic heterocycles. The number of amides is 1. The molecule has 0 aromatic heterocycles. The van der Waals surface area contributed by atoms with Crippen molar-refractivity contribution in [2.75, 3.05) is 12.4 Å². The Morgan fingerprint density at radius 2 is 2.06 bits per heavy atom. The van der Waals surface area contributed by atoms with Crippen LogP contribution in [0.3, 0.4) is 0 Å². The predicted octanol–water partition coefficient (Wildman–Crippen LogP) is 3.33. The zero-order valence-electron chi connectivity index (χ0n) is 9.64. The molecule has 0 saturated heterocycles. The number of halogens is 4. The highest BCUT2D eigenvalue weighted by molar-refractivity contribution is 6.33. The lowest BCUT2D eigenvalue weighted by molar-refractivity contribution is -0.137. The normalized spacial score (nSPS) is 13.2. The largest absolute Gasteiger partial charge is 0.416 e. The molecule has 1 aromatic rings. The van der Waals surface area contributed by atoms with E-state index in [1.807, 2.05) is 0 Å². The maximum atomic E-state index is 12.5. The maximum Gasteiger partial charge on any atom is 0.416 e. The van der Waals surface area contributed by atoms with Gasteiger partial charge >= 0.3 is 6.18 Å². The van der Waals surface area contributed by atoms with Crippen LogP contribution in [0.4, 0.5) is 18.9 Å². The van der Waals surface area contributed by atoms with Crippen molar-refractivity contribution < 1.29 is 22.7 Å². The van der Waals surface area contributed by atoms with Crippen molar-refractivity contribution >= 4 is 23.2 Å². The number of anilines is 1. The summed E-state index contributed by atoms with van der Waals surface area (Å²) in [6.07, 6.45) is -5.27. The molecule has 1 unspecified atom stereocenters. The molecule has 3 nitrogen and oxygen atoms in total. The second-order valence-corrected chi connectivity index (χ2v) is 3.97. The minimum atomic E-state index is -4.49. The molecule has 0 radical (unpaired) electrons. The Balaban J connectivity index is 2.99. The Hall–Kier alpha value is -1.27. The smallest absolute Gasteiger partial charge is 0.372 e. The number of nitrogens with one attached hydrogen (secondary N) is 1. The molecule has 0 bridgehead atoms. The van der Waals surface area contributed by atoms with Gasteiger partial charge in [-0.1, -0.05) is 11.6 Å². The summed E-state index contributed by atoms with van der Waals surface area (Å²) in [6, 6.07) is 2.71. The van der Waals surface area contributed by atoms with Crippen LogP contribution < -0.4 is 5.32 Å². The third kappa shape index (κ3) is 3.61. The lowest BCUT2D eigenvalue weighted by atomic mass is 10.2. The number of rotatable bonds is 3. The van der Waals surface area contributed by atoms with Gasteiger partial charge in [-0.15, -0.1) is 0 Å². The molecule has 0 fully saturated rings. The van der Waals surface area contributed by atoms with Gasteiger partial charge in [0.2, 0.25) is 0 Å². The fourth-order valence-electron chi connectivity index (χ4n) is 1.14. The molecule has 0 aliphatic rings. The Kier molecular flexibility index (Phi) is 4.59. The molecular weight excluding hydrogens is 271 g/mol. The third-order valence-electron chi connectivity index (χ3n) is 2.27. The first-order chi connectivity index (χ1) is 8.25. The van der Waals surface area contributed by atoms with E-state index in [1.54, 1.807) is 0 Å². The van der Waals surface area contributed by atoms with Gasteiger partial charge in [0.15, 0.2) is 0 Å². The number of hydrogen-bond donors (Lipinski definition) is 1. The number of carbonyl (C=O) groups is 1. The van der Waals surface area contributed by atoms with Crippen LogP contribution in [0.2, 0.25) is 5.02 Å². The Labute approximate surface area is 107 Å². The molecule has 1 rings (SSSR count). The predicted molar refractivity (Wildman–Crippen MR) is 61.6 cm³/mol. The van der Waals surface area contributed by atoms with E-state index in [4.69, 9.17) is 16.3 Å². The van der Waals surface area contributed by atoms with Crippen LogP contribution in [0.5, 0.6) is 0 Å². The van der Waals surface area contributed by atoms with Crippen LogP contribution in [0.1, 0.15) is 12.5 Å². The van der Waals surface area contributed by atoms with E-state index in [9.17, 15) is 18.0 Å². The number of methoxy groups -OCH3 is 1. The molecule has 7 heteroatoms. The van der Waals surface area contributed by atoms with Crippen molar-refractivity contribution in [1.29, 1.82) is 0 Å². The first-order valence-electron chi connectivity index (χ1n) is 4.96. The molecular formula is C11H11ClF3NO2. The summed E-state index contributed by atoms with van der Waals surface area (Å²) >= 11 is 5.72. The third-order valence-corrected chi connectivity index (χ3v) is 2.60. The molecule has 0 aliphatic carbocycles. The van der Waals surface area contributed by atoms with Crippen molar-refractivity contribution in [3.63, 3.8) is 0 Å². The van der Waals surface area contributed by atoms with Crippen LogP contribution in [-0.2, 0) is 15.7 Å². The molecule has 0 saturated carbocycles. The van der Waals surface area contributed by atoms with Crippen molar-refractivity contribution in [1.82, 2.24) is 0 Å². The minimum absolute atomic E-state index is 0.0275. The molecule has 0 spiro atoms. The van der Waals surface area contributed by atoms with E-state index in [-0.39, 0.29) is 10.7 Å². The topological polar surface area (TPSA) is 38.3 Å². The van der Waals surface area contributed by atoms with Crippen LogP contribution in [0, 0.1) is 0 Å². The standard InChI is InChI=1S/C11H11ClF3NO2/c1-6(18-2)10(17)16-9-5-7(11(13,14)15)3-4-8(9)12/h3-6H,1-2H3,(H,16,17). The molecule has 100 valence electrons. The lowest BCUT2D eigenvalue weighted by Gasteiger charge is -2.13. The molecule has 1 aromatic carbocycles. The molecule has 1 N–H and O–H groups in total. The highest BCUT2D eigenvalue weighted by atomic mass is 35.5. The van der Waals surface area contributed by atoms with Crippen molar-refractivity contribution in [2.45, 2.75) is 19.2 Å². The van der Waals surface area contributed by atoms with Gasteiger partial charge in [0.25, 0.3) is 5.91 Å². The number of ether oxygens (including phenoxy) is 1. The highest BCUT2D eigenvalue weighted by Crippen LogP contribution is 2.33. The quantitative estimate of drug-likeness (QED) is 0.923. The number of benzene rings is 1. The average molecular weight is 282 g/mol. The lowest BCUT2D eigenvalue weighted by Crippen LogP contribution is -2.26. The summed E-state index contributed by atoms with van der Waals surface area (Å²) < 4.78 is 42.2. The van der Waals surface area contributed by atoms with E-state index in [2.05, 4.69) is 5.32 Å². The van der Waals surface area contributed by atoms with Gasteiger partial charge in [-0.05, 0) is 25.1 Å². The van der Waals surface area contributed by atoms with E-state index >= 15 is 0 Å². The second kappa shape index (κ2) is 5.58. The summed E-state index contributed by atoms with van der Waals surface area (Å²) in [7, 11) is 1.32. The Bertz CT molecular complexity index is 448. The summed E-state index contributed by atoms with van der Waals surface area (Å²) in [4.78, 5) is 11.5. The van der Waals surface area contributed by atoms with E-state index in [0.29, 0.717) is 0 Å². The van der Waals surface area contributed by atoms with Gasteiger partial charge in [-0.2, -0.15) is 13.2 Å². The molecule has 1 amide bonds. The van der Waals surface area contributed by atoms with E-state index in [1.165, 1.54) is 14.0 Å². The van der Waals surface area contributed by atoms with Gasteiger partial charge in [-0.25, -0.2) is 0 Å². The first-order valence-corrected chi connectivity index (χ1v) is 5.34. The van der Waals surface area contributed by atoms with Crippen molar-refractivity contribution in [2.24, 2.45) is 0 Å². The molecule has 0 heterocycles. The number of alkyl halides is 3.